The fourth-order valence-electron chi connectivity index (χ4n) is 2.23. The van der Waals surface area contributed by atoms with Gasteiger partial charge in [0.2, 0.25) is 5.91 Å². The van der Waals surface area contributed by atoms with Crippen LogP contribution in [0.15, 0.2) is 0 Å². The average molecular weight is 228 g/mol. The van der Waals surface area contributed by atoms with Gasteiger partial charge in [0.15, 0.2) is 0 Å². The van der Waals surface area contributed by atoms with Crippen molar-refractivity contribution in [1.29, 1.82) is 0 Å². The van der Waals surface area contributed by atoms with Crippen molar-refractivity contribution in [3.05, 3.63) is 0 Å². The molecule has 1 fully saturated rings. The third kappa shape index (κ3) is 3.81. The van der Waals surface area contributed by atoms with Crippen LogP contribution in [-0.2, 0) is 9.59 Å². The lowest BCUT2D eigenvalue weighted by Crippen LogP contribution is -2.42. The zero-order valence-corrected chi connectivity index (χ0v) is 9.69. The molecule has 0 bridgehead atoms. The summed E-state index contributed by atoms with van der Waals surface area (Å²) < 4.78 is 0. The summed E-state index contributed by atoms with van der Waals surface area (Å²) in [6.07, 6.45) is 4.34. The number of carboxylic acid groups (broad SMARTS) is 1. The number of nitrogens with zero attached hydrogens (tertiary/aromatic N) is 1. The fourth-order valence-corrected chi connectivity index (χ4v) is 2.23. The maximum Gasteiger partial charge on any atom is 0.317 e. The van der Waals surface area contributed by atoms with Gasteiger partial charge in [-0.3, -0.25) is 14.5 Å². The first-order chi connectivity index (χ1) is 7.50. The fraction of sp³-hybridized carbons (Fsp3) is 0.818. The van der Waals surface area contributed by atoms with Crippen LogP contribution in [0.1, 0.15) is 32.6 Å². The highest BCUT2D eigenvalue weighted by atomic mass is 16.4. The Morgan fingerprint density at radius 2 is 2.00 bits per heavy atom. The van der Waals surface area contributed by atoms with Crippen molar-refractivity contribution in [3.8, 4) is 0 Å². The Morgan fingerprint density at radius 3 is 2.44 bits per heavy atom. The Morgan fingerprint density at radius 1 is 1.44 bits per heavy atom. The van der Waals surface area contributed by atoms with E-state index in [1.54, 1.807) is 6.92 Å². The second-order valence-electron chi connectivity index (χ2n) is 4.56. The van der Waals surface area contributed by atoms with Crippen LogP contribution in [0.5, 0.6) is 0 Å². The van der Waals surface area contributed by atoms with Gasteiger partial charge < -0.3 is 10.8 Å². The maximum atomic E-state index is 11.0. The number of hydrogen-bond donors (Lipinski definition) is 2. The first-order valence-corrected chi connectivity index (χ1v) is 5.76. The lowest BCUT2D eigenvalue weighted by atomic mass is 10.1. The van der Waals surface area contributed by atoms with E-state index in [0.717, 1.165) is 25.7 Å². The minimum Gasteiger partial charge on any atom is -0.480 e. The van der Waals surface area contributed by atoms with Crippen LogP contribution in [-0.4, -0.2) is 41.0 Å². The lowest BCUT2D eigenvalue weighted by molar-refractivity contribution is -0.139. The molecule has 1 aliphatic carbocycles. The molecular formula is C11H20N2O3. The first kappa shape index (κ1) is 13.0. The van der Waals surface area contributed by atoms with Crippen LogP contribution in [0.2, 0.25) is 0 Å². The molecule has 1 rings (SSSR count). The highest BCUT2D eigenvalue weighted by Gasteiger charge is 2.26. The second kappa shape index (κ2) is 5.84. The van der Waals surface area contributed by atoms with Crippen LogP contribution in [0, 0.1) is 5.92 Å². The minimum atomic E-state index is -0.844. The predicted octanol–water partition coefficient (Wildman–Crippen LogP) is 0.437. The van der Waals surface area contributed by atoms with Gasteiger partial charge in [0.05, 0.1) is 6.54 Å². The number of amides is 1. The molecule has 92 valence electrons. The lowest BCUT2D eigenvalue weighted by Gasteiger charge is -2.28. The van der Waals surface area contributed by atoms with Gasteiger partial charge in [0.25, 0.3) is 0 Å². The number of aliphatic carboxylic acids is 1. The summed E-state index contributed by atoms with van der Waals surface area (Å²) in [5.74, 6) is -1.50. The van der Waals surface area contributed by atoms with E-state index in [-0.39, 0.29) is 18.4 Å². The Balaban J connectivity index is 2.55. The summed E-state index contributed by atoms with van der Waals surface area (Å²) >= 11 is 0. The molecule has 1 saturated carbocycles. The Bertz CT molecular complexity index is 262. The van der Waals surface area contributed by atoms with E-state index in [1.165, 1.54) is 0 Å². The van der Waals surface area contributed by atoms with Gasteiger partial charge in [0.1, 0.15) is 0 Å². The summed E-state index contributed by atoms with van der Waals surface area (Å²) in [6, 6.07) is 0.304. The smallest absolute Gasteiger partial charge is 0.317 e. The molecule has 5 nitrogen and oxygen atoms in total. The summed E-state index contributed by atoms with van der Waals surface area (Å²) in [6.45, 7) is 2.20. The normalized spacial score (nSPS) is 18.9. The highest BCUT2D eigenvalue weighted by Crippen LogP contribution is 2.23. The van der Waals surface area contributed by atoms with Crippen molar-refractivity contribution in [2.75, 3.05) is 13.1 Å². The summed E-state index contributed by atoms with van der Waals surface area (Å²) in [7, 11) is 0. The first-order valence-electron chi connectivity index (χ1n) is 5.76. The van der Waals surface area contributed by atoms with Gasteiger partial charge in [-0.2, -0.15) is 0 Å². The largest absolute Gasteiger partial charge is 0.480 e. The number of carbonyl (C=O) groups is 2. The zero-order valence-electron chi connectivity index (χ0n) is 9.69. The quantitative estimate of drug-likeness (QED) is 0.691. The molecule has 0 aromatic heterocycles. The number of hydrogen-bond acceptors (Lipinski definition) is 3. The zero-order chi connectivity index (χ0) is 12.1. The van der Waals surface area contributed by atoms with E-state index in [0.29, 0.717) is 12.6 Å². The monoisotopic (exact) mass is 228 g/mol. The predicted molar refractivity (Wildman–Crippen MR) is 59.8 cm³/mol. The van der Waals surface area contributed by atoms with E-state index in [1.807, 2.05) is 4.90 Å². The molecule has 0 aliphatic heterocycles. The number of rotatable bonds is 6. The van der Waals surface area contributed by atoms with Crippen molar-refractivity contribution in [2.45, 2.75) is 38.6 Å². The molecule has 0 aromatic carbocycles. The van der Waals surface area contributed by atoms with Crippen LogP contribution in [0.4, 0.5) is 0 Å². The summed E-state index contributed by atoms with van der Waals surface area (Å²) in [5.41, 5.74) is 5.20. The van der Waals surface area contributed by atoms with Crippen molar-refractivity contribution >= 4 is 11.9 Å². The van der Waals surface area contributed by atoms with Crippen LogP contribution >= 0.6 is 0 Å². The molecule has 1 aliphatic rings. The second-order valence-corrected chi connectivity index (χ2v) is 4.56. The minimum absolute atomic E-state index is 0.00227. The van der Waals surface area contributed by atoms with Crippen molar-refractivity contribution in [2.24, 2.45) is 11.7 Å². The van der Waals surface area contributed by atoms with Crippen LogP contribution in [0.25, 0.3) is 0 Å². The van der Waals surface area contributed by atoms with Gasteiger partial charge in [-0.15, -0.1) is 0 Å². The van der Waals surface area contributed by atoms with Gasteiger partial charge in [-0.25, -0.2) is 0 Å². The SMILES string of the molecule is CC(CN(CC(=O)O)C1CCCC1)C(N)=O. The summed E-state index contributed by atoms with van der Waals surface area (Å²) in [4.78, 5) is 23.6. The molecule has 1 unspecified atom stereocenters. The molecule has 0 aromatic rings. The molecular weight excluding hydrogens is 208 g/mol. The van der Waals surface area contributed by atoms with Gasteiger partial charge in [-0.1, -0.05) is 19.8 Å². The molecule has 0 spiro atoms. The molecule has 0 radical (unpaired) electrons. The Hall–Kier alpha value is -1.10. The molecule has 16 heavy (non-hydrogen) atoms. The van der Waals surface area contributed by atoms with E-state index in [2.05, 4.69) is 0 Å². The Labute approximate surface area is 95.6 Å². The molecule has 0 heterocycles. The molecule has 3 N–H and O–H groups in total. The third-order valence-corrected chi connectivity index (χ3v) is 3.17. The number of carbonyl (C=O) groups excluding carboxylic acids is 1. The molecule has 5 heteroatoms. The van der Waals surface area contributed by atoms with Crippen molar-refractivity contribution in [1.82, 2.24) is 4.90 Å². The average Bonchev–Trinajstić information content (AvgIpc) is 2.68. The topological polar surface area (TPSA) is 83.6 Å². The van der Waals surface area contributed by atoms with E-state index in [4.69, 9.17) is 10.8 Å². The van der Waals surface area contributed by atoms with Crippen LogP contribution < -0.4 is 5.73 Å². The van der Waals surface area contributed by atoms with E-state index >= 15 is 0 Å². The van der Waals surface area contributed by atoms with Crippen molar-refractivity contribution in [3.63, 3.8) is 0 Å². The maximum absolute atomic E-state index is 11.0. The van der Waals surface area contributed by atoms with Gasteiger partial charge in [0, 0.05) is 18.5 Å². The van der Waals surface area contributed by atoms with E-state index in [9.17, 15) is 9.59 Å². The highest BCUT2D eigenvalue weighted by molar-refractivity contribution is 5.76. The molecule has 1 amide bonds. The Kier molecular flexibility index (Phi) is 4.73. The number of carboxylic acids is 1. The van der Waals surface area contributed by atoms with Gasteiger partial charge >= 0.3 is 5.97 Å². The number of primary amides is 1. The standard InChI is InChI=1S/C11H20N2O3/c1-8(11(12)16)6-13(7-10(14)15)9-4-2-3-5-9/h8-9H,2-7H2,1H3,(H2,12,16)(H,14,15). The summed E-state index contributed by atoms with van der Waals surface area (Å²) in [5, 5.41) is 8.84. The third-order valence-electron chi connectivity index (χ3n) is 3.17. The van der Waals surface area contributed by atoms with Gasteiger partial charge in [-0.05, 0) is 12.8 Å². The van der Waals surface area contributed by atoms with Crippen molar-refractivity contribution < 1.29 is 14.7 Å². The van der Waals surface area contributed by atoms with E-state index < -0.39 is 5.97 Å². The molecule has 0 saturated heterocycles. The van der Waals surface area contributed by atoms with Crippen LogP contribution in [0.3, 0.4) is 0 Å². The number of nitrogens with two attached hydrogens (primary N) is 1. The molecule has 1 atom stereocenters.